The number of ether oxygens (including phenoxy) is 1. The van der Waals surface area contributed by atoms with Gasteiger partial charge in [-0.05, 0) is 27.8 Å². The molecule has 1 aromatic heterocycles. The van der Waals surface area contributed by atoms with Crippen molar-refractivity contribution < 1.29 is 4.74 Å². The molecule has 0 radical (unpaired) electrons. The van der Waals surface area contributed by atoms with Crippen LogP contribution in [0.5, 0.6) is 6.01 Å². The van der Waals surface area contributed by atoms with Gasteiger partial charge in [0.05, 0.1) is 11.6 Å². The molecule has 0 saturated carbocycles. The lowest BCUT2D eigenvalue weighted by molar-refractivity contribution is 0.369. The third kappa shape index (κ3) is 1.64. The predicted molar refractivity (Wildman–Crippen MR) is 53.9 cm³/mol. The van der Waals surface area contributed by atoms with Crippen LogP contribution in [0.15, 0.2) is 6.20 Å². The zero-order valence-corrected chi connectivity index (χ0v) is 9.23. The van der Waals surface area contributed by atoms with Crippen molar-refractivity contribution >= 4 is 29.3 Å². The molecule has 1 N–H and O–H groups in total. The first-order valence-corrected chi connectivity index (χ1v) is 6.53. The minimum atomic E-state index is 0.0900. The molecule has 1 saturated heterocycles. The summed E-state index contributed by atoms with van der Waals surface area (Å²) in [6.45, 7) is 2.28. The molecule has 3 nitrogen and oxygen atoms in total. The molecule has 0 spiro atoms. The SMILES string of the molecule is CC1CP1c1cnc(OCBr)[nH]1. The molecule has 2 rings (SSSR count). The van der Waals surface area contributed by atoms with Crippen molar-refractivity contribution in [2.45, 2.75) is 12.6 Å². The number of H-pyrrole nitrogens is 1. The summed E-state index contributed by atoms with van der Waals surface area (Å²) in [5.41, 5.74) is 2.64. The Labute approximate surface area is 80.8 Å². The molecule has 0 amide bonds. The van der Waals surface area contributed by atoms with Crippen LogP contribution in [0.1, 0.15) is 6.92 Å². The van der Waals surface area contributed by atoms with Gasteiger partial charge in [-0.25, -0.2) is 4.98 Å². The van der Waals surface area contributed by atoms with Crippen LogP contribution >= 0.6 is 23.9 Å². The number of halogens is 1. The van der Waals surface area contributed by atoms with Crippen molar-refractivity contribution in [2.24, 2.45) is 0 Å². The van der Waals surface area contributed by atoms with Gasteiger partial charge in [-0.1, -0.05) is 14.8 Å². The molecule has 2 atom stereocenters. The maximum atomic E-state index is 5.16. The molecule has 1 aromatic rings. The molecule has 5 heteroatoms. The fourth-order valence-corrected chi connectivity index (χ4v) is 3.19. The van der Waals surface area contributed by atoms with Crippen molar-refractivity contribution in [2.75, 3.05) is 11.7 Å². The highest BCUT2D eigenvalue weighted by molar-refractivity contribution is 9.09. The largest absolute Gasteiger partial charge is 0.453 e. The second-order valence-corrected chi connectivity index (χ2v) is 5.95. The normalized spacial score (nSPS) is 27.2. The highest BCUT2D eigenvalue weighted by atomic mass is 79.9. The molecular formula is C7H10BrN2OP. The minimum absolute atomic E-state index is 0.0900. The van der Waals surface area contributed by atoms with Gasteiger partial charge in [0.15, 0.2) is 0 Å². The lowest BCUT2D eigenvalue weighted by atomic mass is 10.6. The van der Waals surface area contributed by atoms with Crippen molar-refractivity contribution in [3.8, 4) is 6.01 Å². The fourth-order valence-electron chi connectivity index (χ4n) is 1.14. The minimum Gasteiger partial charge on any atom is -0.453 e. The Bertz CT molecular complexity index is 278. The van der Waals surface area contributed by atoms with Gasteiger partial charge < -0.3 is 9.72 Å². The van der Waals surface area contributed by atoms with Crippen LogP contribution in [0.3, 0.4) is 0 Å². The number of hydrogen-bond donors (Lipinski definition) is 1. The highest BCUT2D eigenvalue weighted by Gasteiger charge is 2.35. The number of nitrogens with one attached hydrogen (secondary N) is 1. The van der Waals surface area contributed by atoms with E-state index in [1.807, 2.05) is 6.20 Å². The van der Waals surface area contributed by atoms with Gasteiger partial charge in [-0.15, -0.1) is 0 Å². The molecule has 66 valence electrons. The second kappa shape index (κ2) is 3.35. The molecule has 1 fully saturated rings. The van der Waals surface area contributed by atoms with E-state index < -0.39 is 0 Å². The molecular weight excluding hydrogens is 239 g/mol. The van der Waals surface area contributed by atoms with Gasteiger partial charge in [-0.3, -0.25) is 0 Å². The van der Waals surface area contributed by atoms with Gasteiger partial charge >= 0.3 is 0 Å². The van der Waals surface area contributed by atoms with Gasteiger partial charge in [0.25, 0.3) is 6.01 Å². The topological polar surface area (TPSA) is 37.9 Å². The lowest BCUT2D eigenvalue weighted by Crippen LogP contribution is -1.96. The Balaban J connectivity index is 2.04. The van der Waals surface area contributed by atoms with Gasteiger partial charge in [0, 0.05) is 0 Å². The Kier molecular flexibility index (Phi) is 2.37. The van der Waals surface area contributed by atoms with Crippen LogP contribution in [0, 0.1) is 0 Å². The van der Waals surface area contributed by atoms with E-state index in [9.17, 15) is 0 Å². The van der Waals surface area contributed by atoms with E-state index in [1.54, 1.807) is 0 Å². The van der Waals surface area contributed by atoms with E-state index in [2.05, 4.69) is 32.8 Å². The maximum absolute atomic E-state index is 5.16. The van der Waals surface area contributed by atoms with Crippen LogP contribution in [0.25, 0.3) is 0 Å². The molecule has 1 aliphatic heterocycles. The Morgan fingerprint density at radius 1 is 1.92 bits per heavy atom. The Morgan fingerprint density at radius 2 is 2.67 bits per heavy atom. The first-order chi connectivity index (χ1) is 5.81. The number of imidazole rings is 1. The zero-order chi connectivity index (χ0) is 8.55. The quantitative estimate of drug-likeness (QED) is 0.653. The van der Waals surface area contributed by atoms with E-state index in [0.29, 0.717) is 11.5 Å². The molecule has 12 heavy (non-hydrogen) atoms. The Hall–Kier alpha value is -0.0800. The van der Waals surface area contributed by atoms with E-state index in [4.69, 9.17) is 4.74 Å². The van der Waals surface area contributed by atoms with Crippen molar-refractivity contribution in [1.29, 1.82) is 0 Å². The fraction of sp³-hybridized carbons (Fsp3) is 0.571. The number of aromatic amines is 1. The van der Waals surface area contributed by atoms with Gasteiger partial charge in [-0.2, -0.15) is 0 Å². The zero-order valence-electron chi connectivity index (χ0n) is 6.75. The summed E-state index contributed by atoms with van der Waals surface area (Å²) in [6.07, 6.45) is 3.23. The van der Waals surface area contributed by atoms with E-state index in [0.717, 1.165) is 5.66 Å². The van der Waals surface area contributed by atoms with Gasteiger partial charge in [0.2, 0.25) is 0 Å². The second-order valence-electron chi connectivity index (χ2n) is 2.83. The molecule has 1 aliphatic rings. The number of hydrogen-bond acceptors (Lipinski definition) is 2. The summed E-state index contributed by atoms with van der Waals surface area (Å²) in [4.78, 5) is 7.28. The first kappa shape index (κ1) is 8.52. The van der Waals surface area contributed by atoms with Crippen LogP contribution in [-0.4, -0.2) is 27.3 Å². The predicted octanol–water partition coefficient (Wildman–Crippen LogP) is 1.65. The Morgan fingerprint density at radius 3 is 3.25 bits per heavy atom. The summed E-state index contributed by atoms with van der Waals surface area (Å²) in [7, 11) is 0.0900. The number of alkyl halides is 1. The summed E-state index contributed by atoms with van der Waals surface area (Å²) in [5, 5.41) is 0. The third-order valence-electron chi connectivity index (χ3n) is 1.90. The smallest absolute Gasteiger partial charge is 0.294 e. The summed E-state index contributed by atoms with van der Waals surface area (Å²) in [5.74, 6) is 0. The maximum Gasteiger partial charge on any atom is 0.294 e. The van der Waals surface area contributed by atoms with E-state index in [1.165, 1.54) is 11.6 Å². The molecule has 0 aliphatic carbocycles. The molecule has 2 heterocycles. The van der Waals surface area contributed by atoms with Crippen LogP contribution in [-0.2, 0) is 0 Å². The monoisotopic (exact) mass is 248 g/mol. The number of rotatable bonds is 3. The van der Waals surface area contributed by atoms with Crippen LogP contribution < -0.4 is 10.2 Å². The summed E-state index contributed by atoms with van der Waals surface area (Å²) < 4.78 is 5.16. The average molecular weight is 249 g/mol. The third-order valence-corrected chi connectivity index (χ3v) is 4.69. The summed E-state index contributed by atoms with van der Waals surface area (Å²) >= 11 is 3.18. The number of aromatic nitrogens is 2. The molecule has 2 unspecified atom stereocenters. The van der Waals surface area contributed by atoms with Crippen molar-refractivity contribution in [3.63, 3.8) is 0 Å². The first-order valence-electron chi connectivity index (χ1n) is 3.81. The number of nitrogens with zero attached hydrogens (tertiary/aromatic N) is 1. The van der Waals surface area contributed by atoms with Crippen molar-refractivity contribution in [1.82, 2.24) is 9.97 Å². The average Bonchev–Trinajstić information content (AvgIpc) is 2.62. The highest BCUT2D eigenvalue weighted by Crippen LogP contribution is 2.56. The van der Waals surface area contributed by atoms with Crippen LogP contribution in [0.4, 0.5) is 0 Å². The molecule has 0 bridgehead atoms. The van der Waals surface area contributed by atoms with Crippen LogP contribution in [0.2, 0.25) is 0 Å². The standard InChI is InChI=1S/C7H10BrN2OP/c1-5-3-12(5)6-2-9-7(10-6)11-4-8/h2,5H,3-4H2,1H3,(H,9,10). The molecule has 0 aromatic carbocycles. The lowest BCUT2D eigenvalue weighted by Gasteiger charge is -1.94. The van der Waals surface area contributed by atoms with E-state index in [-0.39, 0.29) is 7.92 Å². The van der Waals surface area contributed by atoms with Gasteiger partial charge in [0.1, 0.15) is 5.52 Å². The van der Waals surface area contributed by atoms with Crippen molar-refractivity contribution in [3.05, 3.63) is 6.20 Å². The van der Waals surface area contributed by atoms with E-state index >= 15 is 0 Å². The summed E-state index contributed by atoms with van der Waals surface area (Å²) in [6, 6.07) is 0.628.